The average Bonchev–Trinajstić information content (AvgIpc) is 2.82. The molecular weight excluding hydrogens is 192 g/mol. The van der Waals surface area contributed by atoms with Crippen LogP contribution in [0.15, 0.2) is 22.7 Å². The largest absolute Gasteiger partial charge is 0.460 e. The first-order valence-corrected chi connectivity index (χ1v) is 4.84. The maximum absolute atomic E-state index is 10.8. The summed E-state index contributed by atoms with van der Waals surface area (Å²) in [6.45, 7) is 4.57. The van der Waals surface area contributed by atoms with E-state index in [2.05, 4.69) is 5.10 Å². The Morgan fingerprint density at radius 1 is 1.53 bits per heavy atom. The maximum atomic E-state index is 10.8. The van der Waals surface area contributed by atoms with Gasteiger partial charge in [-0.15, -0.1) is 0 Å². The summed E-state index contributed by atoms with van der Waals surface area (Å²) in [5, 5.41) is 4.27. The topological polar surface area (TPSA) is 48.0 Å². The fraction of sp³-hybridized carbons (Fsp3) is 0.273. The summed E-state index contributed by atoms with van der Waals surface area (Å²) in [5.41, 5.74) is 1.17. The Bertz CT molecular complexity index is 482. The molecule has 2 aromatic heterocycles. The zero-order valence-corrected chi connectivity index (χ0v) is 8.73. The maximum Gasteiger partial charge on any atom is 0.155 e. The number of carbonyl (C=O) groups is 1. The molecule has 0 N–H and O–H groups in total. The highest BCUT2D eigenvalue weighted by molar-refractivity contribution is 5.83. The van der Waals surface area contributed by atoms with Crippen molar-refractivity contribution in [2.45, 2.75) is 20.4 Å². The molecule has 78 valence electrons. The molecule has 0 aliphatic heterocycles. The second-order valence-electron chi connectivity index (χ2n) is 3.32. The standard InChI is InChI=1S/C11H12N2O2/c1-3-13-6-9(7-14)11(12-13)10-5-4-8(2)15-10/h4-7H,3H2,1-2H3. The van der Waals surface area contributed by atoms with E-state index in [1.807, 2.05) is 26.0 Å². The number of aromatic nitrogens is 2. The van der Waals surface area contributed by atoms with Crippen LogP contribution < -0.4 is 0 Å². The van der Waals surface area contributed by atoms with Crippen LogP contribution in [-0.2, 0) is 6.54 Å². The number of hydrogen-bond donors (Lipinski definition) is 0. The lowest BCUT2D eigenvalue weighted by Gasteiger charge is -1.92. The smallest absolute Gasteiger partial charge is 0.155 e. The molecule has 0 unspecified atom stereocenters. The van der Waals surface area contributed by atoms with Gasteiger partial charge in [-0.25, -0.2) is 0 Å². The van der Waals surface area contributed by atoms with E-state index in [0.717, 1.165) is 18.6 Å². The van der Waals surface area contributed by atoms with Crippen LogP contribution in [0.5, 0.6) is 0 Å². The lowest BCUT2D eigenvalue weighted by molar-refractivity contribution is 0.112. The normalized spacial score (nSPS) is 10.5. The van der Waals surface area contributed by atoms with Crippen LogP contribution in [0.4, 0.5) is 0 Å². The van der Waals surface area contributed by atoms with Gasteiger partial charge in [-0.1, -0.05) is 0 Å². The van der Waals surface area contributed by atoms with E-state index < -0.39 is 0 Å². The number of hydrogen-bond acceptors (Lipinski definition) is 3. The highest BCUT2D eigenvalue weighted by Crippen LogP contribution is 2.22. The van der Waals surface area contributed by atoms with Gasteiger partial charge in [0, 0.05) is 12.7 Å². The molecule has 0 aliphatic carbocycles. The molecule has 0 radical (unpaired) electrons. The Labute approximate surface area is 87.5 Å². The Balaban J connectivity index is 2.51. The number of aldehydes is 1. The number of aryl methyl sites for hydroxylation is 2. The zero-order chi connectivity index (χ0) is 10.8. The molecule has 0 bridgehead atoms. The number of furan rings is 1. The quantitative estimate of drug-likeness (QED) is 0.720. The van der Waals surface area contributed by atoms with Crippen molar-refractivity contribution in [3.63, 3.8) is 0 Å². The van der Waals surface area contributed by atoms with Crippen molar-refractivity contribution in [1.82, 2.24) is 9.78 Å². The van der Waals surface area contributed by atoms with Gasteiger partial charge in [0.25, 0.3) is 0 Å². The van der Waals surface area contributed by atoms with Crippen molar-refractivity contribution in [3.05, 3.63) is 29.7 Å². The fourth-order valence-corrected chi connectivity index (χ4v) is 1.44. The van der Waals surface area contributed by atoms with E-state index >= 15 is 0 Å². The van der Waals surface area contributed by atoms with E-state index in [0.29, 0.717) is 17.0 Å². The summed E-state index contributed by atoms with van der Waals surface area (Å²) in [6, 6.07) is 3.68. The zero-order valence-electron chi connectivity index (χ0n) is 8.73. The minimum Gasteiger partial charge on any atom is -0.460 e. The first-order chi connectivity index (χ1) is 7.24. The molecule has 0 saturated heterocycles. The second kappa shape index (κ2) is 3.73. The summed E-state index contributed by atoms with van der Waals surface area (Å²) < 4.78 is 7.15. The second-order valence-corrected chi connectivity index (χ2v) is 3.32. The number of nitrogens with zero attached hydrogens (tertiary/aromatic N) is 2. The molecule has 2 aromatic rings. The predicted molar refractivity (Wildman–Crippen MR) is 55.7 cm³/mol. The number of carbonyl (C=O) groups excluding carboxylic acids is 1. The molecule has 0 amide bonds. The Morgan fingerprint density at radius 3 is 2.87 bits per heavy atom. The summed E-state index contributed by atoms with van der Waals surface area (Å²) >= 11 is 0. The Morgan fingerprint density at radius 2 is 2.33 bits per heavy atom. The van der Waals surface area contributed by atoms with Crippen LogP contribution in [0.25, 0.3) is 11.5 Å². The van der Waals surface area contributed by atoms with Gasteiger partial charge in [0.2, 0.25) is 0 Å². The Kier molecular flexibility index (Phi) is 2.41. The van der Waals surface area contributed by atoms with Gasteiger partial charge in [0.1, 0.15) is 11.5 Å². The van der Waals surface area contributed by atoms with E-state index in [4.69, 9.17) is 4.42 Å². The van der Waals surface area contributed by atoms with E-state index in [1.165, 1.54) is 0 Å². The van der Waals surface area contributed by atoms with E-state index in [1.54, 1.807) is 10.9 Å². The molecule has 4 nitrogen and oxygen atoms in total. The molecule has 0 fully saturated rings. The van der Waals surface area contributed by atoms with Gasteiger partial charge < -0.3 is 4.42 Å². The first-order valence-electron chi connectivity index (χ1n) is 4.84. The SMILES string of the molecule is CCn1cc(C=O)c(-c2ccc(C)o2)n1. The predicted octanol–water partition coefficient (Wildman–Crippen LogP) is 2.28. The lowest BCUT2D eigenvalue weighted by atomic mass is 10.2. The van der Waals surface area contributed by atoms with Gasteiger partial charge in [-0.3, -0.25) is 9.48 Å². The number of rotatable bonds is 3. The summed E-state index contributed by atoms with van der Waals surface area (Å²) in [6.07, 6.45) is 2.52. The summed E-state index contributed by atoms with van der Waals surface area (Å²) in [4.78, 5) is 10.8. The van der Waals surface area contributed by atoms with Crippen LogP contribution in [0.3, 0.4) is 0 Å². The van der Waals surface area contributed by atoms with Crippen LogP contribution >= 0.6 is 0 Å². The van der Waals surface area contributed by atoms with Gasteiger partial charge >= 0.3 is 0 Å². The minimum absolute atomic E-state index is 0.561. The third-order valence-corrected chi connectivity index (χ3v) is 2.21. The van der Waals surface area contributed by atoms with Crippen LogP contribution in [0.1, 0.15) is 23.0 Å². The van der Waals surface area contributed by atoms with Gasteiger partial charge in [-0.05, 0) is 26.0 Å². The third-order valence-electron chi connectivity index (χ3n) is 2.21. The molecule has 0 spiro atoms. The molecule has 15 heavy (non-hydrogen) atoms. The van der Waals surface area contributed by atoms with Crippen molar-refractivity contribution in [1.29, 1.82) is 0 Å². The molecule has 0 atom stereocenters. The van der Waals surface area contributed by atoms with Crippen LogP contribution in [-0.4, -0.2) is 16.1 Å². The van der Waals surface area contributed by atoms with Gasteiger partial charge in [-0.2, -0.15) is 5.10 Å². The highest BCUT2D eigenvalue weighted by Gasteiger charge is 2.12. The van der Waals surface area contributed by atoms with Crippen molar-refractivity contribution in [2.75, 3.05) is 0 Å². The molecule has 0 aromatic carbocycles. The fourth-order valence-electron chi connectivity index (χ4n) is 1.44. The van der Waals surface area contributed by atoms with Crippen LogP contribution in [0, 0.1) is 6.92 Å². The molecule has 0 aliphatic rings. The third kappa shape index (κ3) is 1.70. The van der Waals surface area contributed by atoms with Gasteiger partial charge in [0.05, 0.1) is 5.56 Å². The summed E-state index contributed by atoms with van der Waals surface area (Å²) in [5.74, 6) is 1.45. The minimum atomic E-state index is 0.561. The van der Waals surface area contributed by atoms with Crippen molar-refractivity contribution in [3.8, 4) is 11.5 Å². The monoisotopic (exact) mass is 204 g/mol. The van der Waals surface area contributed by atoms with Crippen molar-refractivity contribution in [2.24, 2.45) is 0 Å². The average molecular weight is 204 g/mol. The molecular formula is C11H12N2O2. The van der Waals surface area contributed by atoms with Crippen LogP contribution in [0.2, 0.25) is 0 Å². The van der Waals surface area contributed by atoms with Crippen molar-refractivity contribution < 1.29 is 9.21 Å². The molecule has 2 rings (SSSR count). The van der Waals surface area contributed by atoms with E-state index in [-0.39, 0.29) is 0 Å². The first kappa shape index (κ1) is 9.71. The Hall–Kier alpha value is -1.84. The molecule has 2 heterocycles. The van der Waals surface area contributed by atoms with Gasteiger partial charge in [0.15, 0.2) is 12.0 Å². The van der Waals surface area contributed by atoms with Crippen molar-refractivity contribution >= 4 is 6.29 Å². The van der Waals surface area contributed by atoms with E-state index in [9.17, 15) is 4.79 Å². The summed E-state index contributed by atoms with van der Waals surface area (Å²) in [7, 11) is 0. The lowest BCUT2D eigenvalue weighted by Crippen LogP contribution is -1.93. The highest BCUT2D eigenvalue weighted by atomic mass is 16.3. The molecule has 4 heteroatoms. The molecule has 0 saturated carbocycles.